The van der Waals surface area contributed by atoms with Crippen molar-refractivity contribution >= 4 is 22.6 Å². The van der Waals surface area contributed by atoms with E-state index in [0.717, 1.165) is 55.4 Å². The van der Waals surface area contributed by atoms with Gasteiger partial charge in [0.05, 0.1) is 0 Å². The fraction of sp³-hybridized carbons (Fsp3) is 0.812. The highest BCUT2D eigenvalue weighted by Gasteiger charge is 2.37. The van der Waals surface area contributed by atoms with Gasteiger partial charge in [-0.05, 0) is 18.8 Å². The van der Waals surface area contributed by atoms with Crippen molar-refractivity contribution in [2.75, 3.05) is 38.1 Å². The van der Waals surface area contributed by atoms with E-state index in [2.05, 4.69) is 43.3 Å². The first kappa shape index (κ1) is 16.5. The monoisotopic (exact) mass is 336 g/mol. The zero-order valence-electron chi connectivity index (χ0n) is 14.5. The number of piperazine rings is 1. The van der Waals surface area contributed by atoms with E-state index in [9.17, 15) is 0 Å². The first-order valence-corrected chi connectivity index (χ1v) is 9.58. The van der Waals surface area contributed by atoms with E-state index in [1.807, 2.05) is 7.05 Å². The van der Waals surface area contributed by atoms with Crippen LogP contribution in [-0.2, 0) is 6.42 Å². The maximum atomic E-state index is 4.60. The third-order valence-corrected chi connectivity index (χ3v) is 5.55. The molecule has 1 N–H and O–H groups in total. The number of hydrogen-bond acceptors (Lipinski definition) is 5. The third-order valence-electron chi connectivity index (χ3n) is 4.73. The highest BCUT2D eigenvalue weighted by Crippen LogP contribution is 2.34. The molecular formula is C16H28N6S. The molecule has 0 spiro atoms. The van der Waals surface area contributed by atoms with Crippen molar-refractivity contribution < 1.29 is 0 Å². The zero-order valence-corrected chi connectivity index (χ0v) is 15.3. The summed E-state index contributed by atoms with van der Waals surface area (Å²) in [6.45, 7) is 8.33. The summed E-state index contributed by atoms with van der Waals surface area (Å²) in [5, 5.41) is 4.71. The van der Waals surface area contributed by atoms with Gasteiger partial charge in [0.25, 0.3) is 0 Å². The molecule has 128 valence electrons. The Labute approximate surface area is 143 Å². The quantitative estimate of drug-likeness (QED) is 0.658. The van der Waals surface area contributed by atoms with Crippen LogP contribution in [0.25, 0.3) is 0 Å². The largest absolute Gasteiger partial charge is 0.353 e. The lowest BCUT2D eigenvalue weighted by molar-refractivity contribution is 0.371. The van der Waals surface area contributed by atoms with Crippen LogP contribution in [0.5, 0.6) is 0 Å². The number of anilines is 1. The number of aromatic nitrogens is 2. The molecule has 0 bridgehead atoms. The van der Waals surface area contributed by atoms with Gasteiger partial charge in [0, 0.05) is 57.2 Å². The molecule has 23 heavy (non-hydrogen) atoms. The smallest absolute Gasteiger partial charge is 0.205 e. The molecule has 2 atom stereocenters. The minimum Gasteiger partial charge on any atom is -0.353 e. The topological polar surface area (TPSA) is 56.7 Å². The minimum absolute atomic E-state index is 0.641. The van der Waals surface area contributed by atoms with Crippen LogP contribution in [0.15, 0.2) is 4.99 Å². The number of aryl methyl sites for hydroxylation is 1. The molecule has 6 nitrogen and oxygen atoms in total. The fourth-order valence-corrected chi connectivity index (χ4v) is 4.00. The minimum atomic E-state index is 0.641. The molecule has 2 fully saturated rings. The summed E-state index contributed by atoms with van der Waals surface area (Å²) in [7, 11) is 1.89. The molecule has 0 amide bonds. The number of aliphatic imine (C=N–C) groups is 1. The molecule has 1 aromatic rings. The van der Waals surface area contributed by atoms with Crippen LogP contribution in [0.2, 0.25) is 0 Å². The summed E-state index contributed by atoms with van der Waals surface area (Å²) >= 11 is 1.52. The van der Waals surface area contributed by atoms with Gasteiger partial charge in [0.15, 0.2) is 5.96 Å². The molecule has 3 rings (SSSR count). The van der Waals surface area contributed by atoms with Gasteiger partial charge in [-0.15, -0.1) is 0 Å². The molecule has 1 saturated carbocycles. The van der Waals surface area contributed by atoms with Crippen LogP contribution in [-0.4, -0.2) is 59.5 Å². The normalized spacial score (nSPS) is 24.9. The van der Waals surface area contributed by atoms with Crippen molar-refractivity contribution in [2.24, 2.45) is 10.9 Å². The van der Waals surface area contributed by atoms with Crippen LogP contribution in [0.1, 0.15) is 38.9 Å². The van der Waals surface area contributed by atoms with Crippen molar-refractivity contribution in [1.29, 1.82) is 0 Å². The van der Waals surface area contributed by atoms with E-state index in [-0.39, 0.29) is 0 Å². The van der Waals surface area contributed by atoms with E-state index in [1.165, 1.54) is 30.8 Å². The Balaban J connectivity index is 1.49. The number of guanidine groups is 1. The van der Waals surface area contributed by atoms with Crippen molar-refractivity contribution in [3.63, 3.8) is 0 Å². The summed E-state index contributed by atoms with van der Waals surface area (Å²) < 4.78 is 4.39. The van der Waals surface area contributed by atoms with Crippen LogP contribution in [0, 0.1) is 5.92 Å². The summed E-state index contributed by atoms with van der Waals surface area (Å²) in [6, 6.07) is 0.641. The van der Waals surface area contributed by atoms with Gasteiger partial charge in [-0.2, -0.15) is 4.37 Å². The van der Waals surface area contributed by atoms with Gasteiger partial charge < -0.3 is 15.1 Å². The first-order valence-electron chi connectivity index (χ1n) is 8.80. The van der Waals surface area contributed by atoms with E-state index >= 15 is 0 Å². The predicted molar refractivity (Wildman–Crippen MR) is 96.4 cm³/mol. The lowest BCUT2D eigenvalue weighted by Gasteiger charge is -2.36. The molecule has 2 unspecified atom stereocenters. The average Bonchev–Trinajstić information content (AvgIpc) is 3.13. The van der Waals surface area contributed by atoms with Crippen molar-refractivity contribution in [2.45, 2.75) is 45.6 Å². The molecule has 7 heteroatoms. The standard InChI is InChI=1S/C16H28N6S/c1-4-6-12-11-13(12)18-15(17-3)21-7-9-22(10-8-21)16-19-14(5-2)20-23-16/h12-13H,4-11H2,1-3H3,(H,17,18). The summed E-state index contributed by atoms with van der Waals surface area (Å²) in [5.74, 6) is 2.88. The van der Waals surface area contributed by atoms with Gasteiger partial charge in [0.1, 0.15) is 5.82 Å². The average molecular weight is 337 g/mol. The Hall–Kier alpha value is -1.37. The highest BCUT2D eigenvalue weighted by atomic mass is 32.1. The van der Waals surface area contributed by atoms with Gasteiger partial charge in [0.2, 0.25) is 5.13 Å². The molecule has 2 heterocycles. The second-order valence-corrected chi connectivity index (χ2v) is 7.13. The molecule has 1 saturated heterocycles. The second-order valence-electron chi connectivity index (χ2n) is 6.40. The summed E-state index contributed by atoms with van der Waals surface area (Å²) in [4.78, 5) is 13.8. The first-order chi connectivity index (χ1) is 11.2. The summed E-state index contributed by atoms with van der Waals surface area (Å²) in [5.41, 5.74) is 0. The number of nitrogens with zero attached hydrogens (tertiary/aromatic N) is 5. The van der Waals surface area contributed by atoms with Crippen molar-refractivity contribution in [3.05, 3.63) is 5.82 Å². The van der Waals surface area contributed by atoms with Crippen LogP contribution in [0.3, 0.4) is 0 Å². The van der Waals surface area contributed by atoms with Crippen LogP contribution in [0.4, 0.5) is 5.13 Å². The molecule has 2 aliphatic rings. The highest BCUT2D eigenvalue weighted by molar-refractivity contribution is 7.09. The van der Waals surface area contributed by atoms with E-state index in [1.54, 1.807) is 0 Å². The van der Waals surface area contributed by atoms with Gasteiger partial charge in [-0.3, -0.25) is 4.99 Å². The fourth-order valence-electron chi connectivity index (χ4n) is 3.20. The third kappa shape index (κ3) is 3.94. The van der Waals surface area contributed by atoms with E-state index in [4.69, 9.17) is 0 Å². The van der Waals surface area contributed by atoms with Gasteiger partial charge in [-0.25, -0.2) is 4.98 Å². The zero-order chi connectivity index (χ0) is 16.2. The lowest BCUT2D eigenvalue weighted by Crippen LogP contribution is -2.53. The van der Waals surface area contributed by atoms with E-state index < -0.39 is 0 Å². The van der Waals surface area contributed by atoms with E-state index in [0.29, 0.717) is 6.04 Å². The predicted octanol–water partition coefficient (Wildman–Crippen LogP) is 1.99. The summed E-state index contributed by atoms with van der Waals surface area (Å²) in [6.07, 6.45) is 4.83. The molecule has 0 radical (unpaired) electrons. The Morgan fingerprint density at radius 3 is 2.70 bits per heavy atom. The van der Waals surface area contributed by atoms with Crippen LogP contribution < -0.4 is 10.2 Å². The Bertz CT molecular complexity index is 534. The molecular weight excluding hydrogens is 308 g/mol. The van der Waals surface area contributed by atoms with Gasteiger partial charge >= 0.3 is 0 Å². The number of rotatable bonds is 5. The van der Waals surface area contributed by atoms with Crippen molar-refractivity contribution in [3.8, 4) is 0 Å². The SMILES string of the molecule is CCCC1CC1NC(=NC)N1CCN(c2nc(CC)ns2)CC1. The molecule has 1 aromatic heterocycles. The molecule has 1 aliphatic carbocycles. The maximum absolute atomic E-state index is 4.60. The molecule has 1 aliphatic heterocycles. The van der Waals surface area contributed by atoms with Crippen molar-refractivity contribution in [1.82, 2.24) is 19.6 Å². The Morgan fingerprint density at radius 2 is 2.09 bits per heavy atom. The maximum Gasteiger partial charge on any atom is 0.205 e. The molecule has 0 aromatic carbocycles. The van der Waals surface area contributed by atoms with Crippen LogP contribution >= 0.6 is 11.5 Å². The number of nitrogens with one attached hydrogen (secondary N) is 1. The Morgan fingerprint density at radius 1 is 1.30 bits per heavy atom. The lowest BCUT2D eigenvalue weighted by atomic mass is 10.2. The van der Waals surface area contributed by atoms with Gasteiger partial charge in [-0.1, -0.05) is 20.3 Å². The Kier molecular flexibility index (Phi) is 5.35. The number of hydrogen-bond donors (Lipinski definition) is 1. The second kappa shape index (κ2) is 7.47.